The first kappa shape index (κ1) is 17.8. The molecular weight excluding hydrogens is 376 g/mol. The van der Waals surface area contributed by atoms with Crippen molar-refractivity contribution in [2.45, 2.75) is 25.8 Å². The standard InChI is InChI=1S/C21H18N2O2S2/c1-25-19(24)8-10-23-16-6-3-2-5-14(16)20(15-9-12-27-18(15)13-22)21(23)17-7-4-11-26-17/h4-7,9,11-12H,2-3,8,10H2,1H3. The van der Waals surface area contributed by atoms with Gasteiger partial charge in [-0.25, -0.2) is 0 Å². The van der Waals surface area contributed by atoms with E-state index in [0.29, 0.717) is 13.0 Å². The Morgan fingerprint density at radius 1 is 1.26 bits per heavy atom. The third-order valence-electron chi connectivity index (χ3n) is 4.75. The maximum atomic E-state index is 11.8. The molecule has 6 heteroatoms. The zero-order valence-corrected chi connectivity index (χ0v) is 16.5. The highest BCUT2D eigenvalue weighted by atomic mass is 32.1. The van der Waals surface area contributed by atoms with E-state index in [1.807, 2.05) is 17.5 Å². The van der Waals surface area contributed by atoms with Gasteiger partial charge in [-0.2, -0.15) is 5.26 Å². The van der Waals surface area contributed by atoms with E-state index in [-0.39, 0.29) is 5.97 Å². The van der Waals surface area contributed by atoms with E-state index < -0.39 is 0 Å². The molecule has 4 rings (SSSR count). The maximum Gasteiger partial charge on any atom is 0.307 e. The van der Waals surface area contributed by atoms with Crippen LogP contribution < -0.4 is 10.6 Å². The van der Waals surface area contributed by atoms with Crippen molar-refractivity contribution in [1.82, 2.24) is 4.57 Å². The van der Waals surface area contributed by atoms with E-state index >= 15 is 0 Å². The van der Waals surface area contributed by atoms with Crippen molar-refractivity contribution in [3.63, 3.8) is 0 Å². The molecule has 4 nitrogen and oxygen atoms in total. The summed E-state index contributed by atoms with van der Waals surface area (Å²) < 4.78 is 7.08. The van der Waals surface area contributed by atoms with Gasteiger partial charge in [0.05, 0.1) is 24.1 Å². The molecule has 136 valence electrons. The van der Waals surface area contributed by atoms with Gasteiger partial charge >= 0.3 is 5.97 Å². The van der Waals surface area contributed by atoms with Crippen molar-refractivity contribution in [3.05, 3.63) is 44.4 Å². The Hall–Kier alpha value is -2.62. The number of methoxy groups -OCH3 is 1. The van der Waals surface area contributed by atoms with Crippen molar-refractivity contribution in [1.29, 1.82) is 5.26 Å². The average Bonchev–Trinajstić information content (AvgIpc) is 3.43. The minimum absolute atomic E-state index is 0.218. The third-order valence-corrected chi connectivity index (χ3v) is 6.45. The van der Waals surface area contributed by atoms with E-state index in [0.717, 1.165) is 44.8 Å². The molecule has 3 aromatic heterocycles. The molecule has 0 fully saturated rings. The molecule has 0 unspecified atom stereocenters. The molecule has 0 saturated heterocycles. The van der Waals surface area contributed by atoms with Crippen molar-refractivity contribution >= 4 is 40.8 Å². The Morgan fingerprint density at radius 2 is 2.11 bits per heavy atom. The summed E-state index contributed by atoms with van der Waals surface area (Å²) in [6.07, 6.45) is 6.78. The van der Waals surface area contributed by atoms with Crippen LogP contribution in [-0.4, -0.2) is 17.6 Å². The summed E-state index contributed by atoms with van der Waals surface area (Å²) in [5, 5.41) is 15.9. The first-order chi connectivity index (χ1) is 13.2. The third kappa shape index (κ3) is 3.14. The number of thiophene rings is 2. The number of aromatic nitrogens is 1. The molecule has 3 heterocycles. The molecule has 0 bridgehead atoms. The zero-order valence-electron chi connectivity index (χ0n) is 14.9. The predicted molar refractivity (Wildman–Crippen MR) is 110 cm³/mol. The number of carbonyl (C=O) groups excluding carboxylic acids is 1. The van der Waals surface area contributed by atoms with Gasteiger partial charge in [-0.3, -0.25) is 4.79 Å². The van der Waals surface area contributed by atoms with Crippen LogP contribution in [0.1, 0.15) is 24.1 Å². The lowest BCUT2D eigenvalue weighted by atomic mass is 10.0. The van der Waals surface area contributed by atoms with Crippen molar-refractivity contribution in [2.24, 2.45) is 0 Å². The summed E-state index contributed by atoms with van der Waals surface area (Å²) in [5.74, 6) is -0.218. The van der Waals surface area contributed by atoms with Gasteiger partial charge in [0.1, 0.15) is 10.9 Å². The second-order valence-electron chi connectivity index (χ2n) is 6.24. The second-order valence-corrected chi connectivity index (χ2v) is 8.10. The lowest BCUT2D eigenvalue weighted by Crippen LogP contribution is -2.32. The molecule has 0 atom stereocenters. The Balaban J connectivity index is 2.03. The summed E-state index contributed by atoms with van der Waals surface area (Å²) in [6, 6.07) is 8.50. The van der Waals surface area contributed by atoms with E-state index in [1.54, 1.807) is 11.3 Å². The van der Waals surface area contributed by atoms with E-state index in [2.05, 4.69) is 34.2 Å². The maximum absolute atomic E-state index is 11.8. The van der Waals surface area contributed by atoms with Gasteiger partial charge in [-0.15, -0.1) is 22.7 Å². The van der Waals surface area contributed by atoms with Gasteiger partial charge in [-0.1, -0.05) is 18.2 Å². The molecule has 27 heavy (non-hydrogen) atoms. The molecule has 1 aliphatic rings. The van der Waals surface area contributed by atoms with Crippen LogP contribution >= 0.6 is 22.7 Å². The lowest BCUT2D eigenvalue weighted by molar-refractivity contribution is -0.140. The van der Waals surface area contributed by atoms with Crippen molar-refractivity contribution < 1.29 is 9.53 Å². The Morgan fingerprint density at radius 3 is 2.85 bits per heavy atom. The first-order valence-corrected chi connectivity index (χ1v) is 10.5. The SMILES string of the molecule is COC(=O)CCn1c(-c2cccs2)c(-c2ccsc2C#N)c2c1=CCCC=2. The fourth-order valence-electron chi connectivity index (χ4n) is 3.60. The van der Waals surface area contributed by atoms with Crippen LogP contribution in [0, 0.1) is 11.3 Å². The largest absolute Gasteiger partial charge is 0.469 e. The normalized spacial score (nSPS) is 12.6. The summed E-state index contributed by atoms with van der Waals surface area (Å²) in [7, 11) is 1.42. The van der Waals surface area contributed by atoms with Gasteiger partial charge < -0.3 is 9.30 Å². The average molecular weight is 395 g/mol. The minimum atomic E-state index is -0.218. The van der Waals surface area contributed by atoms with Gasteiger partial charge in [0.2, 0.25) is 0 Å². The Kier molecular flexibility index (Phi) is 4.97. The minimum Gasteiger partial charge on any atom is -0.469 e. The number of rotatable bonds is 5. The molecule has 0 saturated carbocycles. The summed E-state index contributed by atoms with van der Waals surface area (Å²) in [5.41, 5.74) is 3.17. The quantitative estimate of drug-likeness (QED) is 0.620. The van der Waals surface area contributed by atoms with E-state index in [4.69, 9.17) is 4.74 Å². The molecule has 0 amide bonds. The van der Waals surface area contributed by atoms with Crippen LogP contribution in [0.25, 0.3) is 33.9 Å². The monoisotopic (exact) mass is 394 g/mol. The van der Waals surface area contributed by atoms with E-state index in [1.165, 1.54) is 23.7 Å². The molecular formula is C21H18N2O2S2. The number of fused-ring (bicyclic) bond motifs is 1. The number of hydrogen-bond acceptors (Lipinski definition) is 5. The molecule has 0 aliphatic heterocycles. The van der Waals surface area contributed by atoms with Crippen LogP contribution in [0.4, 0.5) is 0 Å². The molecule has 0 aromatic carbocycles. The topological polar surface area (TPSA) is 55.0 Å². The molecule has 0 N–H and O–H groups in total. The summed E-state index contributed by atoms with van der Waals surface area (Å²) in [6.45, 7) is 0.554. The predicted octanol–water partition coefficient (Wildman–Crippen LogP) is 3.73. The second kappa shape index (κ2) is 7.55. The highest BCUT2D eigenvalue weighted by Gasteiger charge is 2.22. The Labute approximate surface area is 165 Å². The van der Waals surface area contributed by atoms with E-state index in [9.17, 15) is 10.1 Å². The summed E-state index contributed by atoms with van der Waals surface area (Å²) >= 11 is 3.14. The fraction of sp³-hybridized carbons (Fsp3) is 0.238. The van der Waals surface area contributed by atoms with Gasteiger partial charge in [0, 0.05) is 28.2 Å². The Bertz CT molecular complexity index is 1140. The summed E-state index contributed by atoms with van der Waals surface area (Å²) in [4.78, 5) is 13.7. The number of carbonyl (C=O) groups is 1. The van der Waals surface area contributed by atoms with Crippen LogP contribution in [-0.2, 0) is 16.1 Å². The highest BCUT2D eigenvalue weighted by Crippen LogP contribution is 2.36. The van der Waals surface area contributed by atoms with Crippen LogP contribution in [0.3, 0.4) is 0 Å². The van der Waals surface area contributed by atoms with Crippen LogP contribution in [0.15, 0.2) is 29.0 Å². The fourth-order valence-corrected chi connectivity index (χ4v) is 5.08. The number of ether oxygens (including phenoxy) is 1. The smallest absolute Gasteiger partial charge is 0.307 e. The van der Waals surface area contributed by atoms with Crippen LogP contribution in [0.2, 0.25) is 0 Å². The van der Waals surface area contributed by atoms with Crippen molar-refractivity contribution in [2.75, 3.05) is 7.11 Å². The van der Waals surface area contributed by atoms with Gasteiger partial charge in [-0.05, 0) is 35.7 Å². The van der Waals surface area contributed by atoms with Gasteiger partial charge in [0.15, 0.2) is 0 Å². The van der Waals surface area contributed by atoms with Crippen molar-refractivity contribution in [3.8, 4) is 27.8 Å². The van der Waals surface area contributed by atoms with Crippen LogP contribution in [0.5, 0.6) is 0 Å². The number of nitrogens with zero attached hydrogens (tertiary/aromatic N) is 2. The van der Waals surface area contributed by atoms with Gasteiger partial charge in [0.25, 0.3) is 0 Å². The lowest BCUT2D eigenvalue weighted by Gasteiger charge is -2.10. The molecule has 0 radical (unpaired) electrons. The zero-order chi connectivity index (χ0) is 18.8. The molecule has 1 aliphatic carbocycles. The molecule has 3 aromatic rings. The first-order valence-electron chi connectivity index (χ1n) is 8.76. The number of hydrogen-bond donors (Lipinski definition) is 0. The number of nitriles is 1. The highest BCUT2D eigenvalue weighted by molar-refractivity contribution is 7.13. The molecule has 0 spiro atoms. The number of esters is 1.